The molecule has 7 nitrogen and oxygen atoms in total. The van der Waals surface area contributed by atoms with Crippen molar-refractivity contribution < 1.29 is 9.59 Å². The Labute approximate surface area is 209 Å². The summed E-state index contributed by atoms with van der Waals surface area (Å²) in [5.74, 6) is 0.0303. The van der Waals surface area contributed by atoms with Gasteiger partial charge in [0, 0.05) is 17.1 Å². The number of allylic oxidation sites excluding steroid dienone is 1. The maximum atomic E-state index is 13.5. The molecule has 0 saturated heterocycles. The molecule has 0 aliphatic carbocycles. The number of nitrogens with zero attached hydrogens (tertiary/aromatic N) is 2. The minimum absolute atomic E-state index is 0.233. The van der Waals surface area contributed by atoms with Crippen molar-refractivity contribution in [3.63, 3.8) is 0 Å². The second kappa shape index (κ2) is 9.54. The fourth-order valence-corrected chi connectivity index (χ4v) is 4.33. The number of carbonyl (C=O) groups is 2. The number of aromatic nitrogens is 2. The quantitative estimate of drug-likeness (QED) is 0.345. The number of fused-ring (bicyclic) bond motifs is 1. The maximum Gasteiger partial charge on any atom is 0.261 e. The van der Waals surface area contributed by atoms with Gasteiger partial charge in [0.25, 0.3) is 11.8 Å². The largest absolute Gasteiger partial charge is 0.343 e. The van der Waals surface area contributed by atoms with E-state index in [9.17, 15) is 9.59 Å². The summed E-state index contributed by atoms with van der Waals surface area (Å²) < 4.78 is 1.71. The molecule has 0 fully saturated rings. The number of para-hydroxylation sites is 1. The van der Waals surface area contributed by atoms with E-state index in [1.165, 1.54) is 0 Å². The molecule has 0 bridgehead atoms. The molecule has 3 aromatic carbocycles. The lowest BCUT2D eigenvalue weighted by Crippen LogP contribution is -2.32. The lowest BCUT2D eigenvalue weighted by molar-refractivity contribution is -0.113. The number of amides is 2. The predicted octanol–water partition coefficient (Wildman–Crippen LogP) is 5.68. The normalized spacial score (nSPS) is 14.6. The first-order valence-corrected chi connectivity index (χ1v) is 11.8. The third kappa shape index (κ3) is 4.51. The van der Waals surface area contributed by atoms with E-state index in [1.807, 2.05) is 99.6 Å². The van der Waals surface area contributed by atoms with Crippen molar-refractivity contribution in [3.8, 4) is 0 Å². The van der Waals surface area contributed by atoms with E-state index in [-0.39, 0.29) is 11.8 Å². The molecule has 0 radical (unpaired) electrons. The van der Waals surface area contributed by atoms with E-state index in [0.717, 1.165) is 16.7 Å². The highest BCUT2D eigenvalue weighted by molar-refractivity contribution is 6.09. The Morgan fingerprint density at radius 3 is 2.03 bits per heavy atom. The number of benzene rings is 3. The molecule has 1 aliphatic heterocycles. The molecule has 2 heterocycles. The van der Waals surface area contributed by atoms with Crippen molar-refractivity contribution >= 4 is 29.0 Å². The monoisotopic (exact) mass is 477 g/mol. The van der Waals surface area contributed by atoms with Crippen LogP contribution in [0.15, 0.2) is 96.3 Å². The van der Waals surface area contributed by atoms with Crippen LogP contribution in [0.5, 0.6) is 0 Å². The van der Waals surface area contributed by atoms with Gasteiger partial charge in [-0.25, -0.2) is 4.68 Å². The van der Waals surface area contributed by atoms with Crippen LogP contribution in [0.25, 0.3) is 0 Å². The zero-order chi connectivity index (χ0) is 25.2. The molecule has 0 spiro atoms. The molecule has 0 unspecified atom stereocenters. The summed E-state index contributed by atoms with van der Waals surface area (Å²) in [4.78, 5) is 26.7. The third-order valence-corrected chi connectivity index (χ3v) is 6.25. The van der Waals surface area contributed by atoms with Crippen molar-refractivity contribution in [1.29, 1.82) is 0 Å². The number of rotatable bonds is 5. The first-order chi connectivity index (χ1) is 17.4. The molecule has 5 rings (SSSR count). The number of anilines is 3. The Kier molecular flexibility index (Phi) is 6.12. The van der Waals surface area contributed by atoms with E-state index in [2.05, 4.69) is 21.0 Å². The van der Waals surface area contributed by atoms with Gasteiger partial charge in [0.2, 0.25) is 0 Å². The highest BCUT2D eigenvalue weighted by atomic mass is 16.2. The smallest absolute Gasteiger partial charge is 0.261 e. The SMILES string of the molecule is CC1=C(C(=O)Nc2ccccc2)[C@@H](c2ccc(C)cc2)n2ncc(C(=O)Nc3ccc(C)cc3)c2N1. The van der Waals surface area contributed by atoms with Gasteiger partial charge in [0.05, 0.1) is 11.8 Å². The number of hydrogen-bond donors (Lipinski definition) is 3. The van der Waals surface area contributed by atoms with E-state index in [4.69, 9.17) is 0 Å². The van der Waals surface area contributed by atoms with Crippen LogP contribution in [0.1, 0.15) is 40.0 Å². The van der Waals surface area contributed by atoms with Crippen molar-refractivity contribution in [3.05, 3.63) is 119 Å². The Bertz CT molecular complexity index is 1450. The second-order valence-corrected chi connectivity index (χ2v) is 8.97. The van der Waals surface area contributed by atoms with Crippen molar-refractivity contribution in [1.82, 2.24) is 9.78 Å². The summed E-state index contributed by atoms with van der Waals surface area (Å²) >= 11 is 0. The summed E-state index contributed by atoms with van der Waals surface area (Å²) in [5.41, 5.74) is 6.11. The van der Waals surface area contributed by atoms with Gasteiger partial charge < -0.3 is 16.0 Å². The molecule has 0 saturated carbocycles. The average Bonchev–Trinajstić information content (AvgIpc) is 3.29. The fourth-order valence-electron chi connectivity index (χ4n) is 4.33. The van der Waals surface area contributed by atoms with Crippen molar-refractivity contribution in [2.24, 2.45) is 0 Å². The summed E-state index contributed by atoms with van der Waals surface area (Å²) in [6.07, 6.45) is 1.54. The second-order valence-electron chi connectivity index (χ2n) is 8.97. The Hall–Kier alpha value is -4.65. The Morgan fingerprint density at radius 2 is 1.36 bits per heavy atom. The molecule has 36 heavy (non-hydrogen) atoms. The summed E-state index contributed by atoms with van der Waals surface area (Å²) in [6.45, 7) is 5.86. The lowest BCUT2D eigenvalue weighted by Gasteiger charge is -2.30. The standard InChI is InChI=1S/C29H27N5O2/c1-18-9-13-21(14-10-18)26-25(29(36)33-22-7-5-4-6-8-22)20(3)31-27-24(17-30-34(26)27)28(35)32-23-15-11-19(2)12-16-23/h4-17,26,31H,1-3H3,(H,32,35)(H,33,36)/t26-/m1/s1. The van der Waals surface area contributed by atoms with Gasteiger partial charge in [-0.1, -0.05) is 65.7 Å². The number of aryl methyl sites for hydroxylation is 2. The van der Waals surface area contributed by atoms with Gasteiger partial charge in [0.1, 0.15) is 17.4 Å². The third-order valence-electron chi connectivity index (χ3n) is 6.25. The molecular formula is C29H27N5O2. The molecule has 3 N–H and O–H groups in total. The Balaban J connectivity index is 1.53. The summed E-state index contributed by atoms with van der Waals surface area (Å²) in [6, 6.07) is 24.4. The van der Waals surface area contributed by atoms with Crippen LogP contribution >= 0.6 is 0 Å². The highest BCUT2D eigenvalue weighted by Crippen LogP contribution is 2.38. The van der Waals surface area contributed by atoms with E-state index in [0.29, 0.717) is 34.0 Å². The molecule has 1 atom stereocenters. The molecule has 7 heteroatoms. The number of hydrogen-bond acceptors (Lipinski definition) is 4. The number of nitrogens with one attached hydrogen (secondary N) is 3. The molecule has 2 amide bonds. The van der Waals surface area contributed by atoms with Gasteiger partial charge in [-0.3, -0.25) is 9.59 Å². The maximum absolute atomic E-state index is 13.5. The van der Waals surface area contributed by atoms with E-state index in [1.54, 1.807) is 10.9 Å². The van der Waals surface area contributed by atoms with Crippen molar-refractivity contribution in [2.75, 3.05) is 16.0 Å². The van der Waals surface area contributed by atoms with Crippen LogP contribution in [-0.4, -0.2) is 21.6 Å². The topological polar surface area (TPSA) is 88.0 Å². The van der Waals surface area contributed by atoms with Gasteiger partial charge >= 0.3 is 0 Å². The summed E-state index contributed by atoms with van der Waals surface area (Å²) in [7, 11) is 0. The van der Waals surface area contributed by atoms with Gasteiger partial charge in [-0.2, -0.15) is 5.10 Å². The first kappa shape index (κ1) is 23.1. The highest BCUT2D eigenvalue weighted by Gasteiger charge is 2.35. The van der Waals surface area contributed by atoms with Gasteiger partial charge in [-0.15, -0.1) is 0 Å². The van der Waals surface area contributed by atoms with E-state index >= 15 is 0 Å². The minimum Gasteiger partial charge on any atom is -0.343 e. The predicted molar refractivity (Wildman–Crippen MR) is 142 cm³/mol. The van der Waals surface area contributed by atoms with E-state index < -0.39 is 6.04 Å². The molecule has 180 valence electrons. The summed E-state index contributed by atoms with van der Waals surface area (Å²) in [5, 5.41) is 13.8. The minimum atomic E-state index is -0.508. The lowest BCUT2D eigenvalue weighted by atomic mass is 9.94. The van der Waals surface area contributed by atoms with Crippen LogP contribution in [0.2, 0.25) is 0 Å². The zero-order valence-corrected chi connectivity index (χ0v) is 20.4. The van der Waals surface area contributed by atoms with Crippen molar-refractivity contribution in [2.45, 2.75) is 26.8 Å². The fraction of sp³-hybridized carbons (Fsp3) is 0.138. The van der Waals surface area contributed by atoms with Gasteiger partial charge in [-0.05, 0) is 50.6 Å². The van der Waals surface area contributed by atoms with Crippen LogP contribution in [0.3, 0.4) is 0 Å². The average molecular weight is 478 g/mol. The van der Waals surface area contributed by atoms with Gasteiger partial charge in [0.15, 0.2) is 0 Å². The zero-order valence-electron chi connectivity index (χ0n) is 20.4. The van der Waals surface area contributed by atoms with Crippen LogP contribution in [-0.2, 0) is 4.79 Å². The van der Waals surface area contributed by atoms with Crippen LogP contribution in [0, 0.1) is 13.8 Å². The number of carbonyl (C=O) groups excluding carboxylic acids is 2. The van der Waals surface area contributed by atoms with Crippen LogP contribution < -0.4 is 16.0 Å². The molecule has 1 aromatic heterocycles. The van der Waals surface area contributed by atoms with Crippen LogP contribution in [0.4, 0.5) is 17.2 Å². The molecule has 1 aliphatic rings. The first-order valence-electron chi connectivity index (χ1n) is 11.8. The molecule has 4 aromatic rings. The molecular weight excluding hydrogens is 450 g/mol. The Morgan fingerprint density at radius 1 is 0.778 bits per heavy atom.